The summed E-state index contributed by atoms with van der Waals surface area (Å²) in [6.45, 7) is 5.87. The Labute approximate surface area is 179 Å². The number of imidazole rings is 1. The Bertz CT molecular complexity index is 1060. The van der Waals surface area contributed by atoms with Crippen LogP contribution in [0.25, 0.3) is 22.9 Å². The number of nitrogens with one attached hydrogen (secondary N) is 1. The van der Waals surface area contributed by atoms with Gasteiger partial charge in [0.05, 0.1) is 17.4 Å². The Morgan fingerprint density at radius 2 is 1.70 bits per heavy atom. The van der Waals surface area contributed by atoms with Crippen LogP contribution in [0.1, 0.15) is 35.7 Å². The van der Waals surface area contributed by atoms with Crippen molar-refractivity contribution in [3.8, 4) is 11.3 Å². The Morgan fingerprint density at radius 1 is 1.03 bits per heavy atom. The zero-order chi connectivity index (χ0) is 21.3. The van der Waals surface area contributed by atoms with Gasteiger partial charge in [0.15, 0.2) is 0 Å². The minimum absolute atomic E-state index is 0.617. The van der Waals surface area contributed by atoms with Crippen LogP contribution in [0, 0.1) is 6.92 Å². The summed E-state index contributed by atoms with van der Waals surface area (Å²) in [5.41, 5.74) is 5.68. The van der Waals surface area contributed by atoms with Gasteiger partial charge in [-0.2, -0.15) is 0 Å². The molecular formula is C26H30N4. The number of aromatic nitrogens is 3. The van der Waals surface area contributed by atoms with Crippen LogP contribution in [0.5, 0.6) is 0 Å². The maximum absolute atomic E-state index is 4.87. The van der Waals surface area contributed by atoms with E-state index in [0.717, 1.165) is 22.3 Å². The largest absolute Gasteiger partial charge is 0.323 e. The molecular weight excluding hydrogens is 368 g/mol. The fourth-order valence-electron chi connectivity index (χ4n) is 3.12. The third-order valence-electron chi connectivity index (χ3n) is 4.78. The van der Waals surface area contributed by atoms with E-state index >= 15 is 0 Å². The Hall–Kier alpha value is -3.24. The third-order valence-corrected chi connectivity index (χ3v) is 4.78. The highest BCUT2D eigenvalue weighted by atomic mass is 15.0. The molecule has 4 aromatic rings. The molecule has 4 heteroatoms. The van der Waals surface area contributed by atoms with Gasteiger partial charge in [0.1, 0.15) is 5.82 Å². The monoisotopic (exact) mass is 398 g/mol. The number of fused-ring (bicyclic) bond motifs is 1. The van der Waals surface area contributed by atoms with E-state index in [1.165, 1.54) is 24.2 Å². The highest BCUT2D eigenvalue weighted by molar-refractivity contribution is 5.77. The van der Waals surface area contributed by atoms with E-state index in [9.17, 15) is 0 Å². The predicted molar refractivity (Wildman–Crippen MR) is 127 cm³/mol. The zero-order valence-corrected chi connectivity index (χ0v) is 18.0. The molecule has 1 aliphatic carbocycles. The van der Waals surface area contributed by atoms with Gasteiger partial charge in [0.25, 0.3) is 0 Å². The zero-order valence-electron chi connectivity index (χ0n) is 18.0. The first-order chi connectivity index (χ1) is 14.7. The summed E-state index contributed by atoms with van der Waals surface area (Å²) in [4.78, 5) is 9.12. The summed E-state index contributed by atoms with van der Waals surface area (Å²) in [6.07, 6.45) is 10.1. The predicted octanol–water partition coefficient (Wildman–Crippen LogP) is 5.75. The van der Waals surface area contributed by atoms with Gasteiger partial charge in [0, 0.05) is 23.9 Å². The molecule has 0 spiro atoms. The van der Waals surface area contributed by atoms with Crippen molar-refractivity contribution >= 4 is 11.6 Å². The van der Waals surface area contributed by atoms with Crippen molar-refractivity contribution in [2.45, 2.75) is 25.7 Å². The molecule has 4 nitrogen and oxygen atoms in total. The molecule has 0 radical (unpaired) electrons. The SMILES string of the molecule is C=Cc1ccc(-c2nc(C3CC3)n3ccncc23)cc1.CNC.Cc1ccccc1. The second kappa shape index (κ2) is 10.5. The van der Waals surface area contributed by atoms with Gasteiger partial charge in [-0.15, -0.1) is 0 Å². The molecule has 5 rings (SSSR count). The normalized spacial score (nSPS) is 12.4. The fraction of sp³-hybridized carbons (Fsp3) is 0.231. The average molecular weight is 399 g/mol. The number of rotatable bonds is 3. The van der Waals surface area contributed by atoms with Crippen LogP contribution in [0.15, 0.2) is 79.8 Å². The summed E-state index contributed by atoms with van der Waals surface area (Å²) in [6, 6.07) is 18.6. The molecule has 1 aliphatic rings. The quantitative estimate of drug-likeness (QED) is 0.478. The molecule has 154 valence electrons. The van der Waals surface area contributed by atoms with Gasteiger partial charge in [-0.25, -0.2) is 4.98 Å². The number of nitrogens with zero attached hydrogens (tertiary/aromatic N) is 3. The number of hydrogen-bond donors (Lipinski definition) is 1. The molecule has 1 N–H and O–H groups in total. The van der Waals surface area contributed by atoms with Gasteiger partial charge in [-0.1, -0.05) is 72.8 Å². The highest BCUT2D eigenvalue weighted by Crippen LogP contribution is 2.41. The highest BCUT2D eigenvalue weighted by Gasteiger charge is 2.29. The minimum atomic E-state index is 0.617. The Morgan fingerprint density at radius 3 is 2.23 bits per heavy atom. The first-order valence-corrected chi connectivity index (χ1v) is 10.3. The maximum atomic E-state index is 4.87. The number of aryl methyl sites for hydroxylation is 1. The van der Waals surface area contributed by atoms with Crippen molar-refractivity contribution in [2.24, 2.45) is 0 Å². The molecule has 1 saturated carbocycles. The molecule has 2 aromatic heterocycles. The van der Waals surface area contributed by atoms with Gasteiger partial charge in [0.2, 0.25) is 0 Å². The van der Waals surface area contributed by atoms with Crippen molar-refractivity contribution in [1.29, 1.82) is 0 Å². The molecule has 0 amide bonds. The van der Waals surface area contributed by atoms with Crippen LogP contribution in [-0.4, -0.2) is 28.5 Å². The molecule has 0 atom stereocenters. The van der Waals surface area contributed by atoms with E-state index in [1.54, 1.807) is 0 Å². The van der Waals surface area contributed by atoms with E-state index < -0.39 is 0 Å². The molecule has 2 aromatic carbocycles. The lowest BCUT2D eigenvalue weighted by Crippen LogP contribution is -1.91. The van der Waals surface area contributed by atoms with Crippen molar-refractivity contribution in [1.82, 2.24) is 19.7 Å². The summed E-state index contributed by atoms with van der Waals surface area (Å²) in [7, 11) is 3.75. The van der Waals surface area contributed by atoms with Gasteiger partial charge < -0.3 is 5.32 Å². The van der Waals surface area contributed by atoms with Gasteiger partial charge in [-0.05, 0) is 39.4 Å². The first-order valence-electron chi connectivity index (χ1n) is 10.3. The van der Waals surface area contributed by atoms with Crippen LogP contribution in [0.3, 0.4) is 0 Å². The molecule has 30 heavy (non-hydrogen) atoms. The topological polar surface area (TPSA) is 42.2 Å². The maximum Gasteiger partial charge on any atom is 0.117 e. The number of hydrogen-bond acceptors (Lipinski definition) is 3. The Kier molecular flexibility index (Phi) is 7.52. The van der Waals surface area contributed by atoms with Crippen molar-refractivity contribution in [2.75, 3.05) is 14.1 Å². The van der Waals surface area contributed by atoms with Crippen molar-refractivity contribution in [3.63, 3.8) is 0 Å². The van der Waals surface area contributed by atoms with E-state index in [4.69, 9.17) is 4.98 Å². The molecule has 1 fully saturated rings. The second-order valence-corrected chi connectivity index (χ2v) is 7.41. The van der Waals surface area contributed by atoms with Crippen LogP contribution >= 0.6 is 0 Å². The number of benzene rings is 2. The summed E-state index contributed by atoms with van der Waals surface area (Å²) in [5.74, 6) is 1.79. The smallest absolute Gasteiger partial charge is 0.117 e. The molecule has 0 unspecified atom stereocenters. The standard InChI is InChI=1S/C17H15N3.C7H8.C2H7N/c1-2-12-3-5-13(6-4-12)16-15-11-18-9-10-20(15)17(19-16)14-7-8-14;1-7-5-3-2-4-6-7;1-3-2/h2-6,9-11,14H,1,7-8H2;2-6H,1H3;3H,1-2H3. The van der Waals surface area contributed by atoms with E-state index in [-0.39, 0.29) is 0 Å². The lowest BCUT2D eigenvalue weighted by molar-refractivity contribution is 0.915. The molecule has 0 aliphatic heterocycles. The van der Waals surface area contributed by atoms with E-state index in [2.05, 4.69) is 64.6 Å². The second-order valence-electron chi connectivity index (χ2n) is 7.41. The van der Waals surface area contributed by atoms with E-state index in [0.29, 0.717) is 5.92 Å². The molecule has 0 saturated heterocycles. The van der Waals surface area contributed by atoms with Gasteiger partial charge in [-0.3, -0.25) is 9.38 Å². The first kappa shape index (κ1) is 21.5. The van der Waals surface area contributed by atoms with E-state index in [1.807, 2.05) is 57.0 Å². The van der Waals surface area contributed by atoms with Crippen molar-refractivity contribution < 1.29 is 0 Å². The summed E-state index contributed by atoms with van der Waals surface area (Å²) >= 11 is 0. The average Bonchev–Trinajstić information content (AvgIpc) is 3.56. The lowest BCUT2D eigenvalue weighted by Gasteiger charge is -1.99. The Balaban J connectivity index is 0.000000214. The molecule has 0 bridgehead atoms. The summed E-state index contributed by atoms with van der Waals surface area (Å²) in [5, 5.41) is 2.75. The van der Waals surface area contributed by atoms with Crippen LogP contribution in [-0.2, 0) is 0 Å². The van der Waals surface area contributed by atoms with Gasteiger partial charge >= 0.3 is 0 Å². The summed E-state index contributed by atoms with van der Waals surface area (Å²) < 4.78 is 2.18. The van der Waals surface area contributed by atoms with Crippen molar-refractivity contribution in [3.05, 3.63) is 96.7 Å². The lowest BCUT2D eigenvalue weighted by atomic mass is 10.1. The third kappa shape index (κ3) is 5.43. The van der Waals surface area contributed by atoms with Crippen LogP contribution in [0.2, 0.25) is 0 Å². The minimum Gasteiger partial charge on any atom is -0.323 e. The molecule has 2 heterocycles. The van der Waals surface area contributed by atoms with Crippen LogP contribution in [0.4, 0.5) is 0 Å². The van der Waals surface area contributed by atoms with Crippen LogP contribution < -0.4 is 5.32 Å². The fourth-order valence-corrected chi connectivity index (χ4v) is 3.12.